The van der Waals surface area contributed by atoms with E-state index < -0.39 is 0 Å². The average molecular weight is 293 g/mol. The molecule has 0 saturated carbocycles. The Hall–Kier alpha value is -1.63. The standard InChI is InChI=1S/C14H23N5O2/c1-10-5-3-4-6-19(10)14(20)18-8-11(13(9-18)21-2)12-7-15-17-16-12/h7,10-11,13H,3-6,8-9H2,1-2H3,(H,15,16,17)/t10?,11-,13+/m0/s1. The number of piperidine rings is 1. The maximum atomic E-state index is 12.7. The summed E-state index contributed by atoms with van der Waals surface area (Å²) in [5, 5.41) is 10.6. The number of hydrogen-bond acceptors (Lipinski definition) is 4. The van der Waals surface area contributed by atoms with E-state index in [1.165, 1.54) is 6.42 Å². The summed E-state index contributed by atoms with van der Waals surface area (Å²) in [7, 11) is 1.69. The molecule has 2 saturated heterocycles. The van der Waals surface area contributed by atoms with Gasteiger partial charge in [0.05, 0.1) is 23.9 Å². The summed E-state index contributed by atoms with van der Waals surface area (Å²) in [6.07, 6.45) is 5.12. The van der Waals surface area contributed by atoms with Crippen molar-refractivity contribution in [3.63, 3.8) is 0 Å². The smallest absolute Gasteiger partial charge is 0.320 e. The van der Waals surface area contributed by atoms with Crippen molar-refractivity contribution in [2.24, 2.45) is 0 Å². The second-order valence-electron chi connectivity index (χ2n) is 6.00. The molecule has 7 nitrogen and oxygen atoms in total. The predicted octanol–water partition coefficient (Wildman–Crippen LogP) is 1.21. The van der Waals surface area contributed by atoms with Gasteiger partial charge in [-0.3, -0.25) is 0 Å². The zero-order chi connectivity index (χ0) is 14.8. The van der Waals surface area contributed by atoms with Crippen molar-refractivity contribution in [3.05, 3.63) is 11.9 Å². The van der Waals surface area contributed by atoms with Gasteiger partial charge in [0, 0.05) is 32.8 Å². The van der Waals surface area contributed by atoms with E-state index in [-0.39, 0.29) is 18.1 Å². The van der Waals surface area contributed by atoms with Crippen molar-refractivity contribution in [1.29, 1.82) is 0 Å². The fraction of sp³-hybridized carbons (Fsp3) is 0.786. The van der Waals surface area contributed by atoms with Crippen molar-refractivity contribution in [2.75, 3.05) is 26.7 Å². The molecule has 0 spiro atoms. The molecule has 3 atom stereocenters. The highest BCUT2D eigenvalue weighted by molar-refractivity contribution is 5.75. The lowest BCUT2D eigenvalue weighted by molar-refractivity contribution is 0.0908. The van der Waals surface area contributed by atoms with Crippen LogP contribution in [0.15, 0.2) is 6.20 Å². The van der Waals surface area contributed by atoms with Crippen LogP contribution in [0, 0.1) is 0 Å². The monoisotopic (exact) mass is 293 g/mol. The van der Waals surface area contributed by atoms with Gasteiger partial charge < -0.3 is 14.5 Å². The van der Waals surface area contributed by atoms with E-state index in [9.17, 15) is 4.79 Å². The van der Waals surface area contributed by atoms with Crippen LogP contribution in [0.5, 0.6) is 0 Å². The molecule has 116 valence electrons. The molecule has 0 radical (unpaired) electrons. The Balaban J connectivity index is 1.70. The molecule has 3 rings (SSSR count). The van der Waals surface area contributed by atoms with Crippen LogP contribution in [0.25, 0.3) is 0 Å². The van der Waals surface area contributed by atoms with Gasteiger partial charge in [0.15, 0.2) is 0 Å². The maximum absolute atomic E-state index is 12.7. The van der Waals surface area contributed by atoms with E-state index in [0.717, 1.165) is 25.1 Å². The second kappa shape index (κ2) is 6.01. The van der Waals surface area contributed by atoms with Crippen LogP contribution in [0.2, 0.25) is 0 Å². The quantitative estimate of drug-likeness (QED) is 0.889. The van der Waals surface area contributed by atoms with E-state index in [1.54, 1.807) is 13.3 Å². The number of carbonyl (C=O) groups is 1. The molecule has 1 N–H and O–H groups in total. The van der Waals surface area contributed by atoms with Gasteiger partial charge in [-0.05, 0) is 26.2 Å². The molecule has 2 fully saturated rings. The molecule has 2 amide bonds. The number of rotatable bonds is 2. The highest BCUT2D eigenvalue weighted by Gasteiger charge is 2.40. The minimum atomic E-state index is -0.0147. The molecule has 21 heavy (non-hydrogen) atoms. The zero-order valence-electron chi connectivity index (χ0n) is 12.7. The summed E-state index contributed by atoms with van der Waals surface area (Å²) in [4.78, 5) is 16.6. The van der Waals surface area contributed by atoms with Crippen LogP contribution in [-0.2, 0) is 4.74 Å². The number of ether oxygens (including phenoxy) is 1. The number of H-pyrrole nitrogens is 1. The first kappa shape index (κ1) is 14.3. The highest BCUT2D eigenvalue weighted by Crippen LogP contribution is 2.29. The lowest BCUT2D eigenvalue weighted by atomic mass is 10.0. The predicted molar refractivity (Wildman–Crippen MR) is 76.9 cm³/mol. The van der Waals surface area contributed by atoms with Gasteiger partial charge in [0.25, 0.3) is 0 Å². The van der Waals surface area contributed by atoms with Crippen LogP contribution in [0.3, 0.4) is 0 Å². The Kier molecular flexibility index (Phi) is 4.10. The molecular formula is C14H23N5O2. The van der Waals surface area contributed by atoms with Crippen LogP contribution < -0.4 is 0 Å². The number of hydrogen-bond donors (Lipinski definition) is 1. The fourth-order valence-corrected chi connectivity index (χ4v) is 3.41. The van der Waals surface area contributed by atoms with E-state index >= 15 is 0 Å². The summed E-state index contributed by atoms with van der Waals surface area (Å²) >= 11 is 0. The largest absolute Gasteiger partial charge is 0.379 e. The van der Waals surface area contributed by atoms with Crippen molar-refractivity contribution in [3.8, 4) is 0 Å². The number of aromatic amines is 1. The summed E-state index contributed by atoms with van der Waals surface area (Å²) in [6, 6.07) is 0.466. The summed E-state index contributed by atoms with van der Waals surface area (Å²) < 4.78 is 5.55. The lowest BCUT2D eigenvalue weighted by Crippen LogP contribution is -2.48. The number of methoxy groups -OCH3 is 1. The Labute approximate surface area is 124 Å². The van der Waals surface area contributed by atoms with Crippen molar-refractivity contribution >= 4 is 6.03 Å². The first-order valence-electron chi connectivity index (χ1n) is 7.64. The zero-order valence-corrected chi connectivity index (χ0v) is 12.7. The van der Waals surface area contributed by atoms with Gasteiger partial charge in [-0.1, -0.05) is 0 Å². The molecule has 7 heteroatoms. The van der Waals surface area contributed by atoms with Gasteiger partial charge in [0.2, 0.25) is 0 Å². The van der Waals surface area contributed by atoms with Crippen LogP contribution in [-0.4, -0.2) is 70.1 Å². The molecule has 1 aromatic heterocycles. The molecule has 1 unspecified atom stereocenters. The Morgan fingerprint density at radius 1 is 1.43 bits per heavy atom. The molecule has 0 aromatic carbocycles. The number of likely N-dealkylation sites (tertiary alicyclic amines) is 2. The molecule has 1 aromatic rings. The molecular weight excluding hydrogens is 270 g/mol. The summed E-state index contributed by atoms with van der Waals surface area (Å²) in [6.45, 7) is 4.27. The van der Waals surface area contributed by atoms with Crippen LogP contribution >= 0.6 is 0 Å². The highest BCUT2D eigenvalue weighted by atomic mass is 16.5. The Bertz CT molecular complexity index is 478. The fourth-order valence-electron chi connectivity index (χ4n) is 3.41. The number of nitrogens with one attached hydrogen (secondary N) is 1. The number of nitrogens with zero attached hydrogens (tertiary/aromatic N) is 4. The van der Waals surface area contributed by atoms with Crippen LogP contribution in [0.1, 0.15) is 37.8 Å². The Morgan fingerprint density at radius 3 is 2.95 bits per heavy atom. The minimum Gasteiger partial charge on any atom is -0.379 e. The molecule has 0 aliphatic carbocycles. The Morgan fingerprint density at radius 2 is 2.29 bits per heavy atom. The molecule has 3 heterocycles. The van der Waals surface area contributed by atoms with Gasteiger partial charge in [-0.25, -0.2) is 4.79 Å². The molecule has 2 aliphatic rings. The maximum Gasteiger partial charge on any atom is 0.320 e. The van der Waals surface area contributed by atoms with Gasteiger partial charge >= 0.3 is 6.03 Å². The van der Waals surface area contributed by atoms with Crippen LogP contribution in [0.4, 0.5) is 4.79 Å². The number of urea groups is 1. The third-order valence-corrected chi connectivity index (χ3v) is 4.70. The SMILES string of the molecule is CO[C@@H]1CN(C(=O)N2CCCCC2C)C[C@H]1c1cn[nH]n1. The second-order valence-corrected chi connectivity index (χ2v) is 6.00. The average Bonchev–Trinajstić information content (AvgIpc) is 3.15. The van der Waals surface area contributed by atoms with E-state index in [4.69, 9.17) is 4.74 Å². The lowest BCUT2D eigenvalue weighted by Gasteiger charge is -2.36. The number of aromatic nitrogens is 3. The van der Waals surface area contributed by atoms with Crippen molar-refractivity contribution < 1.29 is 9.53 Å². The molecule has 0 bridgehead atoms. The number of carbonyl (C=O) groups excluding carboxylic acids is 1. The van der Waals surface area contributed by atoms with Crippen molar-refractivity contribution in [2.45, 2.75) is 44.2 Å². The normalized spacial score (nSPS) is 29.9. The topological polar surface area (TPSA) is 74.3 Å². The summed E-state index contributed by atoms with van der Waals surface area (Å²) in [5.41, 5.74) is 0.865. The number of amides is 2. The van der Waals surface area contributed by atoms with Gasteiger partial charge in [-0.2, -0.15) is 15.4 Å². The van der Waals surface area contributed by atoms with Gasteiger partial charge in [0.1, 0.15) is 0 Å². The van der Waals surface area contributed by atoms with E-state index in [0.29, 0.717) is 19.1 Å². The van der Waals surface area contributed by atoms with Gasteiger partial charge in [-0.15, -0.1) is 0 Å². The minimum absolute atomic E-state index is 0.0147. The summed E-state index contributed by atoms with van der Waals surface area (Å²) in [5.74, 6) is 0.0952. The first-order valence-corrected chi connectivity index (χ1v) is 7.64. The first-order chi connectivity index (χ1) is 10.2. The van der Waals surface area contributed by atoms with E-state index in [2.05, 4.69) is 22.3 Å². The van der Waals surface area contributed by atoms with Crippen molar-refractivity contribution in [1.82, 2.24) is 25.2 Å². The third-order valence-electron chi connectivity index (χ3n) is 4.70. The van der Waals surface area contributed by atoms with E-state index in [1.807, 2.05) is 9.80 Å². The third kappa shape index (κ3) is 2.74. The molecule has 2 aliphatic heterocycles.